The first-order valence-electron chi connectivity index (χ1n) is 12.5. The first-order valence-corrected chi connectivity index (χ1v) is 14.9. The van der Waals surface area contributed by atoms with Gasteiger partial charge >= 0.3 is 0 Å². The van der Waals surface area contributed by atoms with Gasteiger partial charge in [-0.15, -0.1) is 11.3 Å². The molecule has 1 aliphatic carbocycles. The Labute approximate surface area is 228 Å². The minimum atomic E-state index is -3.65. The molecule has 2 bridgehead atoms. The van der Waals surface area contributed by atoms with Crippen LogP contribution in [0.25, 0.3) is 11.3 Å². The smallest absolute Gasteiger partial charge is 0.257 e. The van der Waals surface area contributed by atoms with Gasteiger partial charge < -0.3 is 9.47 Å². The van der Waals surface area contributed by atoms with Crippen molar-refractivity contribution in [2.75, 3.05) is 26.1 Å². The monoisotopic (exact) mass is 555 g/mol. The van der Waals surface area contributed by atoms with E-state index in [4.69, 9.17) is 9.47 Å². The van der Waals surface area contributed by atoms with Crippen LogP contribution < -0.4 is 14.8 Å². The third-order valence-electron chi connectivity index (χ3n) is 7.50. The highest BCUT2D eigenvalue weighted by Crippen LogP contribution is 2.53. The number of sulfonamides is 1. The van der Waals surface area contributed by atoms with Crippen molar-refractivity contribution in [3.8, 4) is 22.8 Å². The summed E-state index contributed by atoms with van der Waals surface area (Å²) in [4.78, 5) is 17.6. The highest BCUT2D eigenvalue weighted by atomic mass is 32.2. The van der Waals surface area contributed by atoms with Crippen LogP contribution >= 0.6 is 11.3 Å². The van der Waals surface area contributed by atoms with Gasteiger partial charge in [-0.05, 0) is 66.5 Å². The average Bonchev–Trinajstić information content (AvgIpc) is 3.44. The minimum absolute atomic E-state index is 0.00170. The quantitative estimate of drug-likeness (QED) is 0.404. The Morgan fingerprint density at radius 1 is 1.08 bits per heavy atom. The van der Waals surface area contributed by atoms with E-state index in [-0.39, 0.29) is 27.7 Å². The van der Waals surface area contributed by atoms with E-state index in [1.807, 2.05) is 17.5 Å². The number of thiazole rings is 1. The van der Waals surface area contributed by atoms with Crippen molar-refractivity contribution in [1.29, 1.82) is 0 Å². The molecular formula is C28H33N3O5S2. The second kappa shape index (κ2) is 9.66. The second-order valence-electron chi connectivity index (χ2n) is 11.3. The first kappa shape index (κ1) is 26.6. The van der Waals surface area contributed by atoms with Crippen molar-refractivity contribution >= 4 is 32.4 Å². The van der Waals surface area contributed by atoms with Crippen LogP contribution in [0.15, 0.2) is 52.7 Å². The number of hydrogen-bond donors (Lipinski definition) is 1. The normalized spacial score (nSPS) is 22.7. The zero-order chi connectivity index (χ0) is 27.3. The third-order valence-corrected chi connectivity index (χ3v) is 10.2. The summed E-state index contributed by atoms with van der Waals surface area (Å²) in [7, 11) is -0.485. The molecule has 202 valence electrons. The molecular weight excluding hydrogens is 522 g/mol. The van der Waals surface area contributed by atoms with Gasteiger partial charge in [0.05, 0.1) is 24.8 Å². The lowest BCUT2D eigenvalue weighted by molar-refractivity contribution is 0.102. The molecule has 1 saturated heterocycles. The number of hydrogen-bond acceptors (Lipinski definition) is 7. The van der Waals surface area contributed by atoms with Gasteiger partial charge in [0.15, 0.2) is 5.13 Å². The van der Waals surface area contributed by atoms with Crippen molar-refractivity contribution in [2.24, 2.45) is 10.8 Å². The molecule has 0 radical (unpaired) electrons. The summed E-state index contributed by atoms with van der Waals surface area (Å²) in [5.41, 5.74) is 1.93. The maximum Gasteiger partial charge on any atom is 0.257 e. The molecule has 38 heavy (non-hydrogen) atoms. The Morgan fingerprint density at radius 2 is 1.82 bits per heavy atom. The summed E-state index contributed by atoms with van der Waals surface area (Å²) in [6, 6.07) is 11.6. The van der Waals surface area contributed by atoms with Gasteiger partial charge in [0.1, 0.15) is 11.5 Å². The summed E-state index contributed by atoms with van der Waals surface area (Å²) >= 11 is 1.30. The Bertz CT molecular complexity index is 1470. The number of fused-ring (bicyclic) bond motifs is 2. The molecule has 8 nitrogen and oxygen atoms in total. The number of carbonyl (C=O) groups excluding carboxylic acids is 1. The molecule has 2 aliphatic rings. The van der Waals surface area contributed by atoms with E-state index in [2.05, 4.69) is 31.1 Å². The summed E-state index contributed by atoms with van der Waals surface area (Å²) < 4.78 is 39.5. The van der Waals surface area contributed by atoms with Crippen LogP contribution in [-0.4, -0.2) is 50.4 Å². The molecule has 1 saturated carbocycles. The Kier molecular flexibility index (Phi) is 6.77. The van der Waals surface area contributed by atoms with Crippen molar-refractivity contribution in [3.63, 3.8) is 0 Å². The first-order chi connectivity index (χ1) is 17.9. The molecule has 1 aliphatic heterocycles. The van der Waals surface area contributed by atoms with Crippen LogP contribution in [-0.2, 0) is 10.0 Å². The number of rotatable bonds is 7. The Balaban J connectivity index is 1.30. The molecule has 2 atom stereocenters. The summed E-state index contributed by atoms with van der Waals surface area (Å²) in [6.45, 7) is 7.18. The van der Waals surface area contributed by atoms with Gasteiger partial charge in [-0.2, -0.15) is 4.31 Å². The van der Waals surface area contributed by atoms with E-state index < -0.39 is 10.0 Å². The number of anilines is 1. The van der Waals surface area contributed by atoms with Crippen LogP contribution in [0.2, 0.25) is 0 Å². The van der Waals surface area contributed by atoms with Crippen molar-refractivity contribution in [2.45, 2.75) is 51.0 Å². The highest BCUT2D eigenvalue weighted by Gasteiger charge is 2.53. The fraction of sp³-hybridized carbons (Fsp3) is 0.429. The topological polar surface area (TPSA) is 97.8 Å². The molecule has 10 heteroatoms. The number of ether oxygens (including phenoxy) is 2. The number of methoxy groups -OCH3 is 2. The fourth-order valence-corrected chi connectivity index (χ4v) is 8.72. The van der Waals surface area contributed by atoms with E-state index >= 15 is 0 Å². The molecule has 1 amide bonds. The van der Waals surface area contributed by atoms with Gasteiger partial charge in [-0.25, -0.2) is 13.4 Å². The predicted octanol–water partition coefficient (Wildman–Crippen LogP) is 5.67. The molecule has 0 unspecified atom stereocenters. The molecule has 2 fully saturated rings. The summed E-state index contributed by atoms with van der Waals surface area (Å²) in [5.74, 6) is 0.928. The number of benzene rings is 2. The molecule has 0 spiro atoms. The van der Waals surface area contributed by atoms with Crippen molar-refractivity contribution in [1.82, 2.24) is 9.29 Å². The van der Waals surface area contributed by atoms with Gasteiger partial charge in [-0.3, -0.25) is 10.1 Å². The van der Waals surface area contributed by atoms with Crippen molar-refractivity contribution in [3.05, 3.63) is 53.4 Å². The van der Waals surface area contributed by atoms with E-state index in [0.29, 0.717) is 34.4 Å². The molecule has 2 heterocycles. The number of carbonyl (C=O) groups is 1. The third kappa shape index (κ3) is 5.04. The molecule has 2 aromatic carbocycles. The fourth-order valence-electron chi connectivity index (χ4n) is 6.24. The maximum absolute atomic E-state index is 13.5. The lowest BCUT2D eigenvalue weighted by atomic mass is 9.65. The minimum Gasteiger partial charge on any atom is -0.497 e. The van der Waals surface area contributed by atoms with Crippen LogP contribution in [0.4, 0.5) is 5.13 Å². The largest absolute Gasteiger partial charge is 0.497 e. The maximum atomic E-state index is 13.5. The number of amides is 1. The van der Waals surface area contributed by atoms with E-state index in [1.54, 1.807) is 36.7 Å². The average molecular weight is 556 g/mol. The highest BCUT2D eigenvalue weighted by molar-refractivity contribution is 7.89. The van der Waals surface area contributed by atoms with Crippen LogP contribution in [0.1, 0.15) is 50.4 Å². The Morgan fingerprint density at radius 3 is 2.50 bits per heavy atom. The van der Waals surface area contributed by atoms with Crippen LogP contribution in [0, 0.1) is 10.8 Å². The van der Waals surface area contributed by atoms with Crippen LogP contribution in [0.3, 0.4) is 0 Å². The predicted molar refractivity (Wildman–Crippen MR) is 148 cm³/mol. The van der Waals surface area contributed by atoms with Gasteiger partial charge in [-0.1, -0.05) is 20.8 Å². The lowest BCUT2D eigenvalue weighted by Crippen LogP contribution is -2.37. The van der Waals surface area contributed by atoms with Crippen LogP contribution in [0.5, 0.6) is 11.5 Å². The molecule has 5 rings (SSSR count). The zero-order valence-electron chi connectivity index (χ0n) is 22.3. The number of nitrogens with zero attached hydrogens (tertiary/aromatic N) is 2. The molecule has 3 aromatic rings. The lowest BCUT2D eigenvalue weighted by Gasteiger charge is -2.39. The molecule has 1 N–H and O–H groups in total. The Hall–Kier alpha value is -2.95. The number of nitrogens with one attached hydrogen (secondary N) is 1. The zero-order valence-corrected chi connectivity index (χ0v) is 23.9. The van der Waals surface area contributed by atoms with Gasteiger partial charge in [0, 0.05) is 35.2 Å². The summed E-state index contributed by atoms with van der Waals surface area (Å²) in [6.07, 6.45) is 2.78. The summed E-state index contributed by atoms with van der Waals surface area (Å²) in [5, 5.41) is 5.08. The van der Waals surface area contributed by atoms with E-state index in [0.717, 1.165) is 24.8 Å². The molecule has 1 aromatic heterocycles. The SMILES string of the molecule is COc1ccc(-c2csc(NC(=O)c3ccc(S(=O)(=O)N4C[C@@]5(C)C[C@@H]4CC(C)(C)C5)cc3)n2)c(OC)c1. The van der Waals surface area contributed by atoms with Gasteiger partial charge in [0.2, 0.25) is 10.0 Å². The number of aromatic nitrogens is 1. The standard InChI is InChI=1S/C28H33N3O5S2/c1-27(2)13-19-14-28(3,16-27)17-31(19)38(33,34)21-9-6-18(7-10-21)25(32)30-26-29-23(15-37-26)22-11-8-20(35-4)12-24(22)36-5/h6-12,15,19H,13-14,16-17H2,1-5H3,(H,29,30,32)/t19-,28-/m0/s1. The second-order valence-corrected chi connectivity index (χ2v) is 14.1. The van der Waals surface area contributed by atoms with E-state index in [1.165, 1.54) is 23.5 Å². The van der Waals surface area contributed by atoms with E-state index in [9.17, 15) is 13.2 Å². The van der Waals surface area contributed by atoms with Gasteiger partial charge in [0.25, 0.3) is 5.91 Å². The van der Waals surface area contributed by atoms with Crippen molar-refractivity contribution < 1.29 is 22.7 Å².